The van der Waals surface area contributed by atoms with Crippen molar-refractivity contribution in [3.63, 3.8) is 0 Å². The first kappa shape index (κ1) is 10.4. The van der Waals surface area contributed by atoms with Crippen molar-refractivity contribution in [2.75, 3.05) is 6.54 Å². The van der Waals surface area contributed by atoms with Gasteiger partial charge in [-0.3, -0.25) is 5.10 Å². The minimum atomic E-state index is -4.74. The molecular weight excluding hydrogens is 214 g/mol. The molecule has 1 unspecified atom stereocenters. The number of H-pyrrole nitrogens is 1. The van der Waals surface area contributed by atoms with Gasteiger partial charge >= 0.3 is 6.18 Å². The van der Waals surface area contributed by atoms with E-state index in [9.17, 15) is 17.6 Å². The molecule has 1 aromatic rings. The normalized spacial score (nSPS) is 22.3. The zero-order chi connectivity index (χ0) is 11.1. The molecule has 84 valence electrons. The van der Waals surface area contributed by atoms with Crippen LogP contribution in [0.4, 0.5) is 17.6 Å². The van der Waals surface area contributed by atoms with Crippen molar-refractivity contribution in [3.8, 4) is 0 Å². The van der Waals surface area contributed by atoms with Gasteiger partial charge in [0.25, 0.3) is 0 Å². The summed E-state index contributed by atoms with van der Waals surface area (Å²) in [6, 6.07) is -0.381. The molecule has 3 nitrogen and oxygen atoms in total. The molecule has 0 saturated carbocycles. The van der Waals surface area contributed by atoms with Crippen LogP contribution in [-0.2, 0) is 6.18 Å². The lowest BCUT2D eigenvalue weighted by atomic mass is 10.1. The standard InChI is InChI=1S/C8H9F4N3/c9-5-6(4-2-1-3-13-4)14-15-7(5)8(10,11)12/h4,13H,1-3H2,(H,14,15). The average Bonchev–Trinajstić information content (AvgIpc) is 2.69. The molecule has 1 atom stereocenters. The Bertz CT molecular complexity index is 351. The van der Waals surface area contributed by atoms with E-state index in [4.69, 9.17) is 0 Å². The second-order valence-electron chi connectivity index (χ2n) is 3.45. The minimum absolute atomic E-state index is 0.0974. The molecule has 7 heteroatoms. The SMILES string of the molecule is Fc1c(C(F)(F)F)n[nH]c1C1CCCN1. The fourth-order valence-electron chi connectivity index (χ4n) is 1.69. The van der Waals surface area contributed by atoms with Crippen LogP contribution >= 0.6 is 0 Å². The van der Waals surface area contributed by atoms with Crippen LogP contribution < -0.4 is 5.32 Å². The predicted octanol–water partition coefficient (Wildman–Crippen LogP) is 1.99. The van der Waals surface area contributed by atoms with Gasteiger partial charge in [0.15, 0.2) is 5.82 Å². The van der Waals surface area contributed by atoms with Gasteiger partial charge in [0.2, 0.25) is 5.69 Å². The molecule has 0 spiro atoms. The summed E-state index contributed by atoms with van der Waals surface area (Å²) >= 11 is 0. The van der Waals surface area contributed by atoms with E-state index in [0.717, 1.165) is 6.42 Å². The van der Waals surface area contributed by atoms with Crippen molar-refractivity contribution in [1.82, 2.24) is 15.5 Å². The van der Waals surface area contributed by atoms with Crippen molar-refractivity contribution in [1.29, 1.82) is 0 Å². The number of nitrogens with zero attached hydrogens (tertiary/aromatic N) is 1. The topological polar surface area (TPSA) is 40.7 Å². The van der Waals surface area contributed by atoms with E-state index in [1.807, 2.05) is 0 Å². The smallest absolute Gasteiger partial charge is 0.309 e. The van der Waals surface area contributed by atoms with E-state index in [0.29, 0.717) is 13.0 Å². The number of hydrogen-bond donors (Lipinski definition) is 2. The third-order valence-corrected chi connectivity index (χ3v) is 2.41. The van der Waals surface area contributed by atoms with E-state index in [1.54, 1.807) is 0 Å². The molecule has 0 aromatic carbocycles. The van der Waals surface area contributed by atoms with Crippen LogP contribution in [-0.4, -0.2) is 16.7 Å². The molecule has 2 heterocycles. The number of aromatic nitrogens is 2. The lowest BCUT2D eigenvalue weighted by Gasteiger charge is -2.07. The van der Waals surface area contributed by atoms with Crippen molar-refractivity contribution in [2.24, 2.45) is 0 Å². The van der Waals surface area contributed by atoms with Gasteiger partial charge < -0.3 is 5.32 Å². The highest BCUT2D eigenvalue weighted by Gasteiger charge is 2.40. The number of aromatic amines is 1. The first-order chi connectivity index (χ1) is 7.00. The summed E-state index contributed by atoms with van der Waals surface area (Å²) in [6.07, 6.45) is -3.29. The molecule has 1 aromatic heterocycles. The van der Waals surface area contributed by atoms with E-state index in [1.165, 1.54) is 0 Å². The van der Waals surface area contributed by atoms with E-state index < -0.39 is 17.7 Å². The molecule has 15 heavy (non-hydrogen) atoms. The highest BCUT2D eigenvalue weighted by atomic mass is 19.4. The van der Waals surface area contributed by atoms with Gasteiger partial charge in [-0.2, -0.15) is 18.3 Å². The number of halogens is 4. The van der Waals surface area contributed by atoms with Gasteiger partial charge in [-0.1, -0.05) is 0 Å². The van der Waals surface area contributed by atoms with Gasteiger partial charge in [0.05, 0.1) is 11.7 Å². The zero-order valence-electron chi connectivity index (χ0n) is 7.66. The quantitative estimate of drug-likeness (QED) is 0.715. The van der Waals surface area contributed by atoms with Crippen LogP contribution in [0.5, 0.6) is 0 Å². The second kappa shape index (κ2) is 3.48. The van der Waals surface area contributed by atoms with Crippen LogP contribution in [0.25, 0.3) is 0 Å². The summed E-state index contributed by atoms with van der Waals surface area (Å²) in [5.41, 5.74) is -1.56. The lowest BCUT2D eigenvalue weighted by Crippen LogP contribution is -2.15. The molecule has 0 radical (unpaired) electrons. The van der Waals surface area contributed by atoms with E-state index >= 15 is 0 Å². The number of alkyl halides is 3. The summed E-state index contributed by atoms with van der Waals surface area (Å²) in [4.78, 5) is 0. The summed E-state index contributed by atoms with van der Waals surface area (Å²) in [5, 5.41) is 7.98. The molecular formula is C8H9F4N3. The molecule has 2 N–H and O–H groups in total. The lowest BCUT2D eigenvalue weighted by molar-refractivity contribution is -0.143. The highest BCUT2D eigenvalue weighted by molar-refractivity contribution is 5.19. The van der Waals surface area contributed by atoms with Gasteiger partial charge in [0.1, 0.15) is 0 Å². The van der Waals surface area contributed by atoms with Crippen LogP contribution in [0.1, 0.15) is 30.3 Å². The van der Waals surface area contributed by atoms with Gasteiger partial charge in [-0.05, 0) is 19.4 Å². The minimum Gasteiger partial charge on any atom is -0.309 e. The Hall–Kier alpha value is -1.11. The molecule has 0 bridgehead atoms. The molecule has 1 aliphatic heterocycles. The Balaban J connectivity index is 2.31. The Kier molecular flexibility index (Phi) is 2.41. The van der Waals surface area contributed by atoms with Crippen LogP contribution in [0.3, 0.4) is 0 Å². The predicted molar refractivity (Wildman–Crippen MR) is 43.5 cm³/mol. The molecule has 1 aliphatic rings. The Morgan fingerprint density at radius 1 is 1.33 bits per heavy atom. The highest BCUT2D eigenvalue weighted by Crippen LogP contribution is 2.33. The maximum Gasteiger partial charge on any atom is 0.438 e. The monoisotopic (exact) mass is 223 g/mol. The number of hydrogen-bond acceptors (Lipinski definition) is 2. The maximum absolute atomic E-state index is 13.3. The third-order valence-electron chi connectivity index (χ3n) is 2.41. The third kappa shape index (κ3) is 1.83. The van der Waals surface area contributed by atoms with Crippen LogP contribution in [0.2, 0.25) is 0 Å². The summed E-state index contributed by atoms with van der Waals surface area (Å²) in [5.74, 6) is -1.29. The maximum atomic E-state index is 13.3. The fourth-order valence-corrected chi connectivity index (χ4v) is 1.69. The molecule has 2 rings (SSSR count). The van der Waals surface area contributed by atoms with Crippen molar-refractivity contribution in [3.05, 3.63) is 17.2 Å². The largest absolute Gasteiger partial charge is 0.438 e. The molecule has 1 fully saturated rings. The van der Waals surface area contributed by atoms with Crippen LogP contribution in [0.15, 0.2) is 0 Å². The molecule has 1 saturated heterocycles. The van der Waals surface area contributed by atoms with Gasteiger partial charge in [0, 0.05) is 0 Å². The number of nitrogens with one attached hydrogen (secondary N) is 2. The summed E-state index contributed by atoms with van der Waals surface area (Å²) < 4.78 is 49.9. The Morgan fingerprint density at radius 3 is 2.53 bits per heavy atom. The first-order valence-electron chi connectivity index (χ1n) is 4.54. The second-order valence-corrected chi connectivity index (χ2v) is 3.45. The van der Waals surface area contributed by atoms with Crippen LogP contribution in [0, 0.1) is 5.82 Å². The Labute approximate surface area is 82.9 Å². The van der Waals surface area contributed by atoms with Gasteiger partial charge in [-0.25, -0.2) is 4.39 Å². The van der Waals surface area contributed by atoms with Gasteiger partial charge in [-0.15, -0.1) is 0 Å². The Morgan fingerprint density at radius 2 is 2.07 bits per heavy atom. The first-order valence-corrected chi connectivity index (χ1v) is 4.54. The zero-order valence-corrected chi connectivity index (χ0v) is 7.66. The summed E-state index contributed by atoms with van der Waals surface area (Å²) in [6.45, 7) is 0.685. The summed E-state index contributed by atoms with van der Waals surface area (Å²) in [7, 11) is 0. The number of rotatable bonds is 1. The van der Waals surface area contributed by atoms with E-state index in [-0.39, 0.29) is 11.7 Å². The van der Waals surface area contributed by atoms with Crippen molar-refractivity contribution < 1.29 is 17.6 Å². The van der Waals surface area contributed by atoms with Crippen molar-refractivity contribution >= 4 is 0 Å². The fraction of sp³-hybridized carbons (Fsp3) is 0.625. The van der Waals surface area contributed by atoms with E-state index in [2.05, 4.69) is 15.5 Å². The average molecular weight is 223 g/mol. The van der Waals surface area contributed by atoms with Crippen molar-refractivity contribution in [2.45, 2.75) is 25.1 Å². The molecule has 0 amide bonds. The molecule has 0 aliphatic carbocycles.